The molecule has 0 radical (unpaired) electrons. The van der Waals surface area contributed by atoms with Gasteiger partial charge in [0.15, 0.2) is 0 Å². The van der Waals surface area contributed by atoms with Crippen molar-refractivity contribution in [1.29, 1.82) is 0 Å². The van der Waals surface area contributed by atoms with Crippen molar-refractivity contribution in [1.82, 2.24) is 19.7 Å². The maximum absolute atomic E-state index is 14.6. The van der Waals surface area contributed by atoms with Crippen LogP contribution in [0.3, 0.4) is 0 Å². The van der Waals surface area contributed by atoms with Crippen molar-refractivity contribution in [3.05, 3.63) is 60.6 Å². The van der Waals surface area contributed by atoms with E-state index in [1.165, 1.54) is 30.7 Å². The molecule has 3 aromatic rings. The normalized spacial score (nSPS) is 19.2. The first-order valence-electron chi connectivity index (χ1n) is 9.17. The van der Waals surface area contributed by atoms with E-state index in [-0.39, 0.29) is 17.8 Å². The van der Waals surface area contributed by atoms with E-state index >= 15 is 0 Å². The molecular formula is C19H20FN5O3S. The van der Waals surface area contributed by atoms with Gasteiger partial charge in [-0.2, -0.15) is 5.10 Å². The molecule has 1 aliphatic carbocycles. The Morgan fingerprint density at radius 3 is 2.76 bits per heavy atom. The van der Waals surface area contributed by atoms with Gasteiger partial charge in [0, 0.05) is 37.1 Å². The molecule has 152 valence electrons. The minimum absolute atomic E-state index is 0.0599. The summed E-state index contributed by atoms with van der Waals surface area (Å²) in [5.41, 5.74) is 1.07. The van der Waals surface area contributed by atoms with Gasteiger partial charge >= 0.3 is 0 Å². The Bertz CT molecular complexity index is 1100. The number of ether oxygens (including phenoxy) is 1. The Balaban J connectivity index is 1.52. The molecule has 1 N–H and O–H groups in total. The molecule has 0 bridgehead atoms. The number of halogens is 1. The average molecular weight is 417 g/mol. The van der Waals surface area contributed by atoms with Crippen molar-refractivity contribution in [2.24, 2.45) is 7.05 Å². The van der Waals surface area contributed by atoms with E-state index < -0.39 is 20.7 Å². The van der Waals surface area contributed by atoms with E-state index in [0.29, 0.717) is 5.75 Å². The summed E-state index contributed by atoms with van der Waals surface area (Å²) < 4.78 is 49.6. The van der Waals surface area contributed by atoms with Gasteiger partial charge in [-0.1, -0.05) is 0 Å². The molecule has 4 rings (SSSR count). The van der Waals surface area contributed by atoms with Gasteiger partial charge in [0.2, 0.25) is 0 Å². The van der Waals surface area contributed by atoms with E-state index in [1.54, 1.807) is 6.20 Å². The molecule has 2 heterocycles. The van der Waals surface area contributed by atoms with E-state index in [4.69, 9.17) is 4.74 Å². The fourth-order valence-corrected chi connectivity index (χ4v) is 4.71. The third-order valence-electron chi connectivity index (χ3n) is 4.99. The number of nitrogens with zero attached hydrogens (tertiary/aromatic N) is 4. The number of aromatic nitrogens is 4. The average Bonchev–Trinajstić information content (AvgIpc) is 3.30. The topological polar surface area (TPSA) is 99.0 Å². The number of nitrogens with one attached hydrogen (secondary N) is 1. The fourth-order valence-electron chi connectivity index (χ4n) is 3.64. The Morgan fingerprint density at radius 1 is 1.21 bits per heavy atom. The van der Waals surface area contributed by atoms with Crippen molar-refractivity contribution < 1.29 is 17.5 Å². The van der Waals surface area contributed by atoms with Gasteiger partial charge in [-0.25, -0.2) is 22.8 Å². The molecular weight excluding hydrogens is 397 g/mol. The molecule has 1 aromatic carbocycles. The predicted molar refractivity (Wildman–Crippen MR) is 103 cm³/mol. The third kappa shape index (κ3) is 4.07. The van der Waals surface area contributed by atoms with Crippen LogP contribution in [0.25, 0.3) is 0 Å². The summed E-state index contributed by atoms with van der Waals surface area (Å²) in [5, 5.41) is 4.21. The zero-order valence-corrected chi connectivity index (χ0v) is 16.5. The molecule has 0 spiro atoms. The van der Waals surface area contributed by atoms with E-state index in [0.717, 1.165) is 31.0 Å². The Hall–Kier alpha value is -3.01. The second-order valence-electron chi connectivity index (χ2n) is 6.87. The van der Waals surface area contributed by atoms with Crippen LogP contribution in [-0.4, -0.2) is 34.3 Å². The first-order chi connectivity index (χ1) is 13.9. The molecule has 0 amide bonds. The molecule has 0 saturated heterocycles. The second kappa shape index (κ2) is 7.78. The maximum Gasteiger partial charge on any atom is 0.265 e. The lowest BCUT2D eigenvalue weighted by Gasteiger charge is -2.21. The third-order valence-corrected chi connectivity index (χ3v) is 6.38. The molecule has 29 heavy (non-hydrogen) atoms. The van der Waals surface area contributed by atoms with E-state index in [1.807, 2.05) is 17.8 Å². The monoisotopic (exact) mass is 417 g/mol. The maximum atomic E-state index is 14.6. The van der Waals surface area contributed by atoms with Crippen LogP contribution in [0.4, 0.5) is 10.2 Å². The lowest BCUT2D eigenvalue weighted by molar-refractivity contribution is 0.186. The lowest BCUT2D eigenvalue weighted by Crippen LogP contribution is -2.22. The highest BCUT2D eigenvalue weighted by atomic mass is 32.2. The van der Waals surface area contributed by atoms with Crippen LogP contribution in [0, 0.1) is 5.82 Å². The number of benzene rings is 1. The van der Waals surface area contributed by atoms with Crippen LogP contribution in [0.5, 0.6) is 5.75 Å². The van der Waals surface area contributed by atoms with Crippen LogP contribution in [0.15, 0.2) is 53.9 Å². The number of rotatable bonds is 6. The minimum atomic E-state index is -4.12. The van der Waals surface area contributed by atoms with Crippen LogP contribution in [0.2, 0.25) is 0 Å². The molecule has 1 fully saturated rings. The van der Waals surface area contributed by atoms with Crippen molar-refractivity contribution in [2.75, 3.05) is 4.72 Å². The van der Waals surface area contributed by atoms with Crippen molar-refractivity contribution in [3.8, 4) is 5.75 Å². The summed E-state index contributed by atoms with van der Waals surface area (Å²) in [4.78, 5) is 7.03. The Kier molecular flexibility index (Phi) is 5.18. The van der Waals surface area contributed by atoms with Crippen molar-refractivity contribution >= 4 is 15.8 Å². The number of anilines is 1. The fraction of sp³-hybridized carbons (Fsp3) is 0.316. The molecule has 2 unspecified atom stereocenters. The first-order valence-corrected chi connectivity index (χ1v) is 10.7. The molecule has 8 nitrogen and oxygen atoms in total. The highest BCUT2D eigenvalue weighted by Crippen LogP contribution is 2.37. The summed E-state index contributed by atoms with van der Waals surface area (Å²) in [6.45, 7) is 0. The summed E-state index contributed by atoms with van der Waals surface area (Å²) in [6, 6.07) is 7.11. The zero-order chi connectivity index (χ0) is 20.4. The number of hydrogen-bond donors (Lipinski definition) is 1. The highest BCUT2D eigenvalue weighted by Gasteiger charge is 2.32. The summed E-state index contributed by atoms with van der Waals surface area (Å²) in [5.74, 6) is -0.375. The zero-order valence-electron chi connectivity index (χ0n) is 15.7. The molecule has 1 aliphatic rings. The quantitative estimate of drug-likeness (QED) is 0.662. The summed E-state index contributed by atoms with van der Waals surface area (Å²) in [6.07, 6.45) is 7.01. The Morgan fingerprint density at radius 2 is 2.07 bits per heavy atom. The van der Waals surface area contributed by atoms with Gasteiger partial charge in [-0.3, -0.25) is 9.40 Å². The van der Waals surface area contributed by atoms with Crippen LogP contribution in [0.1, 0.15) is 30.9 Å². The molecule has 0 aliphatic heterocycles. The van der Waals surface area contributed by atoms with Gasteiger partial charge in [0.05, 0.1) is 0 Å². The predicted octanol–water partition coefficient (Wildman–Crippen LogP) is 2.87. The van der Waals surface area contributed by atoms with Gasteiger partial charge < -0.3 is 4.74 Å². The van der Waals surface area contributed by atoms with Gasteiger partial charge in [-0.05, 0) is 43.5 Å². The number of sulfonamides is 1. The molecule has 10 heteroatoms. The largest absolute Gasteiger partial charge is 0.490 e. The highest BCUT2D eigenvalue weighted by molar-refractivity contribution is 7.92. The van der Waals surface area contributed by atoms with Crippen LogP contribution in [-0.2, 0) is 17.1 Å². The van der Waals surface area contributed by atoms with Gasteiger partial charge in [-0.15, -0.1) is 0 Å². The second-order valence-corrected chi connectivity index (χ2v) is 8.52. The van der Waals surface area contributed by atoms with E-state index in [9.17, 15) is 12.8 Å². The number of aryl methyl sites for hydroxylation is 1. The summed E-state index contributed by atoms with van der Waals surface area (Å²) >= 11 is 0. The van der Waals surface area contributed by atoms with Gasteiger partial charge in [0.25, 0.3) is 10.0 Å². The van der Waals surface area contributed by atoms with Gasteiger partial charge in [0.1, 0.15) is 34.7 Å². The SMILES string of the molecule is Cn1nccc1C1CCCC1Oc1ccc(S(=O)(=O)Nc2ccncn2)c(F)c1. The van der Waals surface area contributed by atoms with Crippen molar-refractivity contribution in [2.45, 2.75) is 36.2 Å². The first kappa shape index (κ1) is 19.3. The molecule has 2 atom stereocenters. The number of hydrogen-bond acceptors (Lipinski definition) is 6. The summed E-state index contributed by atoms with van der Waals surface area (Å²) in [7, 11) is -2.24. The molecule has 1 saturated carbocycles. The minimum Gasteiger partial charge on any atom is -0.490 e. The van der Waals surface area contributed by atoms with Crippen LogP contribution >= 0.6 is 0 Å². The lowest BCUT2D eigenvalue weighted by atomic mass is 10.0. The van der Waals surface area contributed by atoms with Crippen LogP contribution < -0.4 is 9.46 Å². The van der Waals surface area contributed by atoms with Crippen molar-refractivity contribution in [3.63, 3.8) is 0 Å². The standard InChI is InChI=1S/C19H20FN5O3S/c1-25-16(7-10-23-25)14-3-2-4-17(14)28-13-5-6-18(15(20)11-13)29(26,27)24-19-8-9-21-12-22-19/h5-12,14,17H,2-4H2,1H3,(H,21,22,24). The van der Waals surface area contributed by atoms with E-state index in [2.05, 4.69) is 19.8 Å². The smallest absolute Gasteiger partial charge is 0.265 e. The molecule has 2 aromatic heterocycles. The Labute approximate surface area is 167 Å².